The third kappa shape index (κ3) is 1.76. The summed E-state index contributed by atoms with van der Waals surface area (Å²) in [5.41, 5.74) is -0.491. The zero-order valence-corrected chi connectivity index (χ0v) is 9.80. The smallest absolute Gasteiger partial charge is 0.0918 e. The molecule has 0 N–H and O–H groups in total. The lowest BCUT2D eigenvalue weighted by Gasteiger charge is -2.08. The van der Waals surface area contributed by atoms with E-state index in [1.807, 2.05) is 31.3 Å². The van der Waals surface area contributed by atoms with E-state index in [9.17, 15) is 0 Å². The molecule has 15 heavy (non-hydrogen) atoms. The first-order valence-corrected chi connectivity index (χ1v) is 5.69. The molecule has 1 aliphatic carbocycles. The predicted octanol–water partition coefficient (Wildman–Crippen LogP) is 0.981. The van der Waals surface area contributed by atoms with Crippen LogP contribution in [0.15, 0.2) is 24.4 Å². The van der Waals surface area contributed by atoms with Gasteiger partial charge in [-0.1, -0.05) is 18.2 Å². The number of nitrogens with zero attached hydrogens (tertiary/aromatic N) is 2. The van der Waals surface area contributed by atoms with Crippen LogP contribution in [0, 0.1) is 16.7 Å². The van der Waals surface area contributed by atoms with E-state index < -0.39 is 5.41 Å². The van der Waals surface area contributed by atoms with Crippen LogP contribution in [-0.2, 0) is 6.29 Å². The SMILES string of the molecule is CC1(C#N)C=CC=c2c(ccn2CP)=C1. The molecule has 2 unspecified atom stereocenters. The van der Waals surface area contributed by atoms with Crippen molar-refractivity contribution in [1.82, 2.24) is 4.57 Å². The molecule has 0 radical (unpaired) electrons. The molecule has 1 heterocycles. The molecule has 0 saturated carbocycles. The van der Waals surface area contributed by atoms with Gasteiger partial charge in [-0.2, -0.15) is 5.26 Å². The monoisotopic (exact) mass is 216 g/mol. The van der Waals surface area contributed by atoms with Crippen LogP contribution in [0.5, 0.6) is 0 Å². The largest absolute Gasteiger partial charge is 0.344 e. The van der Waals surface area contributed by atoms with Crippen LogP contribution in [0.3, 0.4) is 0 Å². The van der Waals surface area contributed by atoms with Crippen molar-refractivity contribution in [2.75, 3.05) is 0 Å². The fraction of sp³-hybridized carbons (Fsp3) is 0.250. The second-order valence-corrected chi connectivity index (χ2v) is 4.24. The van der Waals surface area contributed by atoms with E-state index in [-0.39, 0.29) is 0 Å². The molecule has 2 rings (SSSR count). The first-order valence-electron chi connectivity index (χ1n) is 4.87. The Kier molecular flexibility index (Phi) is 2.50. The van der Waals surface area contributed by atoms with Gasteiger partial charge in [0, 0.05) is 17.8 Å². The lowest BCUT2D eigenvalue weighted by molar-refractivity contribution is 0.784. The summed E-state index contributed by atoms with van der Waals surface area (Å²) in [4.78, 5) is 0. The summed E-state index contributed by atoms with van der Waals surface area (Å²) < 4.78 is 2.14. The normalized spacial score (nSPS) is 23.3. The average molecular weight is 216 g/mol. The van der Waals surface area contributed by atoms with Gasteiger partial charge < -0.3 is 4.57 Å². The molecular formula is C12H13N2P. The van der Waals surface area contributed by atoms with Crippen molar-refractivity contribution >= 4 is 21.4 Å². The maximum atomic E-state index is 9.11. The predicted molar refractivity (Wildman–Crippen MR) is 65.2 cm³/mol. The van der Waals surface area contributed by atoms with Gasteiger partial charge in [0.15, 0.2) is 0 Å². The number of nitriles is 1. The van der Waals surface area contributed by atoms with Crippen LogP contribution >= 0.6 is 9.24 Å². The second-order valence-electron chi connectivity index (χ2n) is 3.87. The zero-order valence-electron chi connectivity index (χ0n) is 8.64. The van der Waals surface area contributed by atoms with E-state index in [0.717, 1.165) is 11.5 Å². The van der Waals surface area contributed by atoms with Crippen LogP contribution in [0.25, 0.3) is 12.2 Å². The van der Waals surface area contributed by atoms with Gasteiger partial charge in [-0.05, 0) is 24.3 Å². The van der Waals surface area contributed by atoms with E-state index in [0.29, 0.717) is 0 Å². The first kappa shape index (κ1) is 10.2. The van der Waals surface area contributed by atoms with Crippen molar-refractivity contribution in [3.8, 4) is 6.07 Å². The summed E-state index contributed by atoms with van der Waals surface area (Å²) in [6.45, 7) is 1.92. The third-order valence-corrected chi connectivity index (χ3v) is 3.02. The molecule has 0 bridgehead atoms. The Morgan fingerprint density at radius 3 is 3.07 bits per heavy atom. The van der Waals surface area contributed by atoms with Gasteiger partial charge in [-0.3, -0.25) is 0 Å². The van der Waals surface area contributed by atoms with Crippen molar-refractivity contribution in [2.45, 2.75) is 13.2 Å². The Balaban J connectivity index is 2.73. The Morgan fingerprint density at radius 2 is 2.40 bits per heavy atom. The van der Waals surface area contributed by atoms with Gasteiger partial charge in [0.05, 0.1) is 11.5 Å². The molecule has 2 atom stereocenters. The molecule has 0 saturated heterocycles. The van der Waals surface area contributed by atoms with Crippen molar-refractivity contribution in [2.24, 2.45) is 5.41 Å². The fourth-order valence-electron chi connectivity index (χ4n) is 1.75. The lowest BCUT2D eigenvalue weighted by Crippen LogP contribution is -2.28. The van der Waals surface area contributed by atoms with Gasteiger partial charge in [0.1, 0.15) is 0 Å². The molecule has 0 aliphatic heterocycles. The van der Waals surface area contributed by atoms with Gasteiger partial charge in [0.25, 0.3) is 0 Å². The van der Waals surface area contributed by atoms with Crippen LogP contribution < -0.4 is 10.6 Å². The van der Waals surface area contributed by atoms with Crippen LogP contribution in [-0.4, -0.2) is 4.57 Å². The zero-order chi connectivity index (χ0) is 10.9. The highest BCUT2D eigenvalue weighted by Crippen LogP contribution is 2.19. The molecule has 0 spiro atoms. The molecule has 2 nitrogen and oxygen atoms in total. The van der Waals surface area contributed by atoms with E-state index in [1.165, 1.54) is 5.35 Å². The minimum absolute atomic E-state index is 0.491. The minimum Gasteiger partial charge on any atom is -0.344 e. The summed E-state index contributed by atoms with van der Waals surface area (Å²) in [7, 11) is 2.70. The molecular weight excluding hydrogens is 203 g/mol. The Labute approximate surface area is 91.4 Å². The maximum absolute atomic E-state index is 9.11. The summed E-state index contributed by atoms with van der Waals surface area (Å²) in [6.07, 6.45) is 10.9. The number of fused-ring (bicyclic) bond motifs is 1. The average Bonchev–Trinajstić information content (AvgIpc) is 2.53. The van der Waals surface area contributed by atoms with Crippen molar-refractivity contribution in [3.05, 3.63) is 35.0 Å². The quantitative estimate of drug-likeness (QED) is 0.643. The number of hydrogen-bond donors (Lipinski definition) is 0. The summed E-state index contributed by atoms with van der Waals surface area (Å²) in [5.74, 6) is 0. The van der Waals surface area contributed by atoms with Crippen molar-refractivity contribution in [1.29, 1.82) is 5.26 Å². The van der Waals surface area contributed by atoms with Crippen LogP contribution in [0.1, 0.15) is 6.92 Å². The topological polar surface area (TPSA) is 28.7 Å². The van der Waals surface area contributed by atoms with Gasteiger partial charge in [0.2, 0.25) is 0 Å². The van der Waals surface area contributed by atoms with Crippen LogP contribution in [0.4, 0.5) is 0 Å². The van der Waals surface area contributed by atoms with E-state index in [2.05, 4.69) is 32.0 Å². The summed E-state index contributed by atoms with van der Waals surface area (Å²) in [6, 6.07) is 4.37. The highest BCUT2D eigenvalue weighted by atomic mass is 31.0. The van der Waals surface area contributed by atoms with Crippen molar-refractivity contribution in [3.63, 3.8) is 0 Å². The van der Waals surface area contributed by atoms with E-state index in [4.69, 9.17) is 5.26 Å². The molecule has 1 aromatic heterocycles. The van der Waals surface area contributed by atoms with Crippen LogP contribution in [0.2, 0.25) is 0 Å². The molecule has 76 valence electrons. The van der Waals surface area contributed by atoms with E-state index >= 15 is 0 Å². The Bertz CT molecular complexity index is 559. The molecule has 0 fully saturated rings. The number of aromatic nitrogens is 1. The molecule has 0 aromatic carbocycles. The van der Waals surface area contributed by atoms with Gasteiger partial charge in [-0.25, -0.2) is 0 Å². The number of hydrogen-bond acceptors (Lipinski definition) is 1. The third-order valence-electron chi connectivity index (χ3n) is 2.63. The molecule has 1 aliphatic rings. The van der Waals surface area contributed by atoms with Crippen molar-refractivity contribution < 1.29 is 0 Å². The highest BCUT2D eigenvalue weighted by Gasteiger charge is 2.17. The number of rotatable bonds is 1. The minimum atomic E-state index is -0.491. The summed E-state index contributed by atoms with van der Waals surface area (Å²) in [5, 5.41) is 11.4. The van der Waals surface area contributed by atoms with Gasteiger partial charge >= 0.3 is 0 Å². The number of allylic oxidation sites excluding steroid dienone is 2. The van der Waals surface area contributed by atoms with Gasteiger partial charge in [-0.15, -0.1) is 9.24 Å². The first-order chi connectivity index (χ1) is 7.18. The molecule has 1 aromatic rings. The Morgan fingerprint density at radius 1 is 1.60 bits per heavy atom. The second kappa shape index (κ2) is 3.68. The molecule has 0 amide bonds. The molecule has 3 heteroatoms. The lowest BCUT2D eigenvalue weighted by atomic mass is 9.92. The highest BCUT2D eigenvalue weighted by molar-refractivity contribution is 7.15. The van der Waals surface area contributed by atoms with E-state index in [1.54, 1.807) is 0 Å². The fourth-order valence-corrected chi connectivity index (χ4v) is 2.07. The maximum Gasteiger partial charge on any atom is 0.0918 e. The summed E-state index contributed by atoms with van der Waals surface area (Å²) >= 11 is 0. The standard InChI is InChI=1S/C12H13N2P/c1-12(8-13)5-2-3-11-10(7-12)4-6-14(11)9-15/h2-7H,9,15H2,1H3. The Hall–Kier alpha value is -1.32.